The van der Waals surface area contributed by atoms with E-state index in [-0.39, 0.29) is 27.9 Å². The van der Waals surface area contributed by atoms with Crippen LogP contribution in [0.3, 0.4) is 0 Å². The third-order valence-corrected chi connectivity index (χ3v) is 5.86. The van der Waals surface area contributed by atoms with E-state index in [0.29, 0.717) is 12.2 Å². The summed E-state index contributed by atoms with van der Waals surface area (Å²) in [6.07, 6.45) is 1.68. The van der Waals surface area contributed by atoms with Gasteiger partial charge < -0.3 is 24.8 Å². The molecule has 2 aromatic heterocycles. The number of nitrogens with one attached hydrogen (secondary N) is 1. The maximum atomic E-state index is 11.7. The molecule has 1 aliphatic rings. The SMILES string of the molecule is Nc1nc2c(ncn2C[C@H]2C[C@H](P(=O)(O)O)O[C@@H]2I)c(=O)[nH]1. The molecule has 120 valence electrons. The number of hydrogen-bond donors (Lipinski definition) is 4. The van der Waals surface area contributed by atoms with Crippen LogP contribution in [0.4, 0.5) is 5.95 Å². The number of ether oxygens (including phenoxy) is 1. The highest BCUT2D eigenvalue weighted by molar-refractivity contribution is 14.1. The smallest absolute Gasteiger partial charge is 0.354 e. The second-order valence-electron chi connectivity index (χ2n) is 5.05. The van der Waals surface area contributed by atoms with Crippen molar-refractivity contribution < 1.29 is 19.1 Å². The molecule has 1 aliphatic heterocycles. The highest BCUT2D eigenvalue weighted by Gasteiger charge is 2.42. The van der Waals surface area contributed by atoms with Crippen LogP contribution in [0.1, 0.15) is 6.42 Å². The Morgan fingerprint density at radius 2 is 2.32 bits per heavy atom. The summed E-state index contributed by atoms with van der Waals surface area (Å²) in [5.41, 5.74) is 5.61. The predicted molar refractivity (Wildman–Crippen MR) is 85.4 cm³/mol. The van der Waals surface area contributed by atoms with E-state index in [2.05, 4.69) is 15.0 Å². The van der Waals surface area contributed by atoms with Crippen LogP contribution in [0.2, 0.25) is 0 Å². The molecule has 0 bridgehead atoms. The molecule has 0 spiro atoms. The number of alkyl halides is 1. The van der Waals surface area contributed by atoms with Crippen molar-refractivity contribution in [3.63, 3.8) is 0 Å². The van der Waals surface area contributed by atoms with Crippen molar-refractivity contribution in [2.75, 3.05) is 5.73 Å². The first kappa shape index (κ1) is 15.9. The Morgan fingerprint density at radius 3 is 2.95 bits per heavy atom. The van der Waals surface area contributed by atoms with E-state index in [1.165, 1.54) is 6.33 Å². The molecule has 1 fully saturated rings. The lowest BCUT2D eigenvalue weighted by Gasteiger charge is -2.13. The first-order chi connectivity index (χ1) is 10.3. The Kier molecular flexibility index (Phi) is 4.01. The summed E-state index contributed by atoms with van der Waals surface area (Å²) in [5, 5.41) is 0. The van der Waals surface area contributed by atoms with E-state index >= 15 is 0 Å². The molecule has 10 nitrogen and oxygen atoms in total. The van der Waals surface area contributed by atoms with Crippen LogP contribution in [0, 0.1) is 5.92 Å². The first-order valence-electron chi connectivity index (χ1n) is 6.31. The van der Waals surface area contributed by atoms with Gasteiger partial charge in [-0.1, -0.05) is 22.6 Å². The van der Waals surface area contributed by atoms with Gasteiger partial charge in [-0.3, -0.25) is 14.3 Å². The number of fused-ring (bicyclic) bond motifs is 1. The quantitative estimate of drug-likeness (QED) is 0.295. The van der Waals surface area contributed by atoms with Gasteiger partial charge in [0.15, 0.2) is 17.0 Å². The molecule has 2 aromatic rings. The molecule has 0 radical (unpaired) electrons. The minimum atomic E-state index is -4.28. The van der Waals surface area contributed by atoms with Gasteiger partial charge >= 0.3 is 7.60 Å². The van der Waals surface area contributed by atoms with Gasteiger partial charge in [0.05, 0.1) is 6.33 Å². The normalized spacial score (nSPS) is 25.9. The van der Waals surface area contributed by atoms with Crippen molar-refractivity contribution in [2.24, 2.45) is 5.92 Å². The number of imidazole rings is 1. The number of rotatable bonds is 3. The summed E-state index contributed by atoms with van der Waals surface area (Å²) in [4.78, 5) is 40.6. The first-order valence-corrected chi connectivity index (χ1v) is 9.24. The lowest BCUT2D eigenvalue weighted by molar-refractivity contribution is 0.121. The third kappa shape index (κ3) is 2.91. The zero-order valence-electron chi connectivity index (χ0n) is 11.1. The van der Waals surface area contributed by atoms with Gasteiger partial charge in [-0.2, -0.15) is 4.98 Å². The fourth-order valence-corrected chi connectivity index (χ4v) is 4.36. The summed E-state index contributed by atoms with van der Waals surface area (Å²) in [7, 11) is -4.28. The molecular weight excluding hydrogens is 428 g/mol. The van der Waals surface area contributed by atoms with Crippen LogP contribution >= 0.6 is 30.2 Å². The molecule has 0 aromatic carbocycles. The van der Waals surface area contributed by atoms with Crippen molar-refractivity contribution in [1.82, 2.24) is 19.5 Å². The van der Waals surface area contributed by atoms with Gasteiger partial charge in [0, 0.05) is 12.5 Å². The highest BCUT2D eigenvalue weighted by atomic mass is 127. The number of nitrogen functional groups attached to an aromatic ring is 1. The maximum absolute atomic E-state index is 11.7. The summed E-state index contributed by atoms with van der Waals surface area (Å²) >= 11 is 2.00. The second kappa shape index (κ2) is 5.57. The lowest BCUT2D eigenvalue weighted by atomic mass is 10.1. The Morgan fingerprint density at radius 1 is 1.59 bits per heavy atom. The summed E-state index contributed by atoms with van der Waals surface area (Å²) in [6, 6.07) is 0. The Hall–Kier alpha value is -1.01. The Balaban J connectivity index is 1.88. The van der Waals surface area contributed by atoms with Crippen LogP contribution in [0.5, 0.6) is 0 Å². The summed E-state index contributed by atoms with van der Waals surface area (Å²) in [5.74, 6) is -1.26. The van der Waals surface area contributed by atoms with Crippen LogP contribution < -0.4 is 11.3 Å². The van der Waals surface area contributed by atoms with E-state index in [9.17, 15) is 19.1 Å². The van der Waals surface area contributed by atoms with Gasteiger partial charge in [0.1, 0.15) is 4.11 Å². The molecule has 3 atom stereocenters. The van der Waals surface area contributed by atoms with E-state index in [1.54, 1.807) is 4.57 Å². The average Bonchev–Trinajstić information content (AvgIpc) is 2.95. The van der Waals surface area contributed by atoms with Crippen molar-refractivity contribution in [3.05, 3.63) is 16.7 Å². The number of aromatic amines is 1. The molecule has 0 saturated carbocycles. The molecule has 12 heteroatoms. The van der Waals surface area contributed by atoms with Crippen LogP contribution in [0.25, 0.3) is 11.2 Å². The number of H-pyrrole nitrogens is 1. The zero-order valence-corrected chi connectivity index (χ0v) is 14.1. The van der Waals surface area contributed by atoms with Gasteiger partial charge in [-0.05, 0) is 6.42 Å². The minimum absolute atomic E-state index is 0.0129. The number of halogens is 1. The molecule has 1 saturated heterocycles. The summed E-state index contributed by atoms with van der Waals surface area (Å²) in [6.45, 7) is 0.372. The van der Waals surface area contributed by atoms with Gasteiger partial charge in [0.25, 0.3) is 5.56 Å². The Labute approximate surface area is 137 Å². The monoisotopic (exact) mass is 441 g/mol. The Bertz CT molecular complexity index is 816. The largest absolute Gasteiger partial charge is 0.369 e. The predicted octanol–water partition coefficient (Wildman–Crippen LogP) is 0.00320. The van der Waals surface area contributed by atoms with Crippen molar-refractivity contribution >= 4 is 47.3 Å². The zero-order chi connectivity index (χ0) is 16.1. The molecule has 0 amide bonds. The maximum Gasteiger partial charge on any atom is 0.354 e. The molecule has 5 N–H and O–H groups in total. The highest BCUT2D eigenvalue weighted by Crippen LogP contribution is 2.51. The summed E-state index contributed by atoms with van der Waals surface area (Å²) < 4.78 is 17.9. The number of anilines is 1. The minimum Gasteiger partial charge on any atom is -0.369 e. The number of nitrogens with zero attached hydrogens (tertiary/aromatic N) is 3. The van der Waals surface area contributed by atoms with E-state index < -0.39 is 19.0 Å². The molecule has 22 heavy (non-hydrogen) atoms. The third-order valence-electron chi connectivity index (χ3n) is 3.46. The molecular formula is C10H13IN5O5P. The van der Waals surface area contributed by atoms with Crippen LogP contribution in [0.15, 0.2) is 11.1 Å². The van der Waals surface area contributed by atoms with E-state index in [4.69, 9.17) is 10.5 Å². The number of aromatic nitrogens is 4. The number of nitrogens with two attached hydrogens (primary N) is 1. The number of hydrogen-bond acceptors (Lipinski definition) is 6. The van der Waals surface area contributed by atoms with Crippen molar-refractivity contribution in [1.29, 1.82) is 0 Å². The lowest BCUT2D eigenvalue weighted by Crippen LogP contribution is -2.17. The molecule has 3 rings (SSSR count). The van der Waals surface area contributed by atoms with E-state index in [0.717, 1.165) is 0 Å². The van der Waals surface area contributed by atoms with Crippen molar-refractivity contribution in [2.45, 2.75) is 22.9 Å². The standard InChI is InChI=1S/C10H13IN5O5P/c11-7-4(1-5(21-7)22(18,19)20)2-16-3-13-6-8(16)14-10(12)15-9(6)17/h3-5,7H,1-2H2,(H2,18,19,20)(H3,12,14,15,17)/t4-,5+,7+/m1/s1. The molecule has 3 heterocycles. The molecule has 0 aliphatic carbocycles. The fraction of sp³-hybridized carbons (Fsp3) is 0.500. The average molecular weight is 441 g/mol. The van der Waals surface area contributed by atoms with Crippen LogP contribution in [-0.4, -0.2) is 39.3 Å². The molecule has 0 unspecified atom stereocenters. The van der Waals surface area contributed by atoms with Gasteiger partial charge in [0.2, 0.25) is 5.95 Å². The van der Waals surface area contributed by atoms with Crippen LogP contribution in [-0.2, 0) is 15.8 Å². The van der Waals surface area contributed by atoms with Gasteiger partial charge in [-0.15, -0.1) is 0 Å². The van der Waals surface area contributed by atoms with Crippen molar-refractivity contribution in [3.8, 4) is 0 Å². The topological polar surface area (TPSA) is 156 Å². The van der Waals surface area contributed by atoms with E-state index in [1.807, 2.05) is 22.6 Å². The fourth-order valence-electron chi connectivity index (χ4n) is 2.41. The second-order valence-corrected chi connectivity index (χ2v) is 8.03. The van der Waals surface area contributed by atoms with Gasteiger partial charge in [-0.25, -0.2) is 4.98 Å².